The molecule has 0 saturated heterocycles. The second-order valence-corrected chi connectivity index (χ2v) is 7.78. The fourth-order valence-corrected chi connectivity index (χ4v) is 4.11. The first-order valence-corrected chi connectivity index (χ1v) is 9.88. The summed E-state index contributed by atoms with van der Waals surface area (Å²) in [6, 6.07) is 17.9. The SMILES string of the molecule is Cc1cc(Cn2cc(Cl)c3ccc(SCc4ccccc4)cc3c2=O)on1. The summed E-state index contributed by atoms with van der Waals surface area (Å²) < 4.78 is 6.80. The van der Waals surface area contributed by atoms with E-state index in [-0.39, 0.29) is 5.56 Å². The van der Waals surface area contributed by atoms with Gasteiger partial charge in [-0.2, -0.15) is 0 Å². The van der Waals surface area contributed by atoms with Crippen molar-refractivity contribution in [1.82, 2.24) is 9.72 Å². The number of aromatic nitrogens is 2. The highest BCUT2D eigenvalue weighted by Gasteiger charge is 2.11. The molecule has 0 unspecified atom stereocenters. The Hall–Kier alpha value is -2.50. The first-order valence-electron chi connectivity index (χ1n) is 8.52. The van der Waals surface area contributed by atoms with Crippen molar-refractivity contribution < 1.29 is 4.52 Å². The average molecular weight is 397 g/mol. The Balaban J connectivity index is 1.66. The van der Waals surface area contributed by atoms with Crippen LogP contribution in [0.25, 0.3) is 10.8 Å². The number of benzene rings is 2. The van der Waals surface area contributed by atoms with Gasteiger partial charge >= 0.3 is 0 Å². The number of thioether (sulfide) groups is 1. The summed E-state index contributed by atoms with van der Waals surface area (Å²) in [4.78, 5) is 14.0. The van der Waals surface area contributed by atoms with Crippen LogP contribution in [0.5, 0.6) is 0 Å². The quantitative estimate of drug-likeness (QED) is 0.430. The summed E-state index contributed by atoms with van der Waals surface area (Å²) in [6.45, 7) is 2.15. The molecule has 0 bridgehead atoms. The van der Waals surface area contributed by atoms with Crippen molar-refractivity contribution >= 4 is 34.1 Å². The fraction of sp³-hybridized carbons (Fsp3) is 0.143. The molecule has 0 N–H and O–H groups in total. The van der Waals surface area contributed by atoms with Gasteiger partial charge in [0, 0.05) is 33.7 Å². The van der Waals surface area contributed by atoms with E-state index in [2.05, 4.69) is 17.3 Å². The van der Waals surface area contributed by atoms with E-state index in [1.54, 1.807) is 22.5 Å². The highest BCUT2D eigenvalue weighted by Crippen LogP contribution is 2.28. The zero-order valence-electron chi connectivity index (χ0n) is 14.7. The third-order valence-electron chi connectivity index (χ3n) is 4.26. The van der Waals surface area contributed by atoms with Crippen LogP contribution < -0.4 is 5.56 Å². The third-order valence-corrected chi connectivity index (χ3v) is 5.63. The lowest BCUT2D eigenvalue weighted by atomic mass is 10.2. The zero-order valence-corrected chi connectivity index (χ0v) is 16.3. The number of nitrogens with zero attached hydrogens (tertiary/aromatic N) is 2. The van der Waals surface area contributed by atoms with E-state index < -0.39 is 0 Å². The van der Waals surface area contributed by atoms with E-state index in [0.717, 1.165) is 21.7 Å². The van der Waals surface area contributed by atoms with Crippen LogP contribution in [0.15, 0.2) is 75.0 Å². The number of pyridine rings is 1. The summed E-state index contributed by atoms with van der Waals surface area (Å²) in [5.74, 6) is 1.47. The first-order chi connectivity index (χ1) is 13.1. The maximum absolute atomic E-state index is 13.0. The predicted octanol–water partition coefficient (Wildman–Crippen LogP) is 5.29. The molecule has 0 amide bonds. The average Bonchev–Trinajstić information content (AvgIpc) is 3.09. The predicted molar refractivity (Wildman–Crippen MR) is 110 cm³/mol. The van der Waals surface area contributed by atoms with Gasteiger partial charge in [-0.25, -0.2) is 0 Å². The summed E-state index contributed by atoms with van der Waals surface area (Å²) >= 11 is 8.11. The number of aryl methyl sites for hydroxylation is 1. The normalized spacial score (nSPS) is 11.2. The number of halogens is 1. The van der Waals surface area contributed by atoms with Crippen molar-refractivity contribution in [2.24, 2.45) is 0 Å². The van der Waals surface area contributed by atoms with Crippen LogP contribution in [0.1, 0.15) is 17.0 Å². The number of hydrogen-bond donors (Lipinski definition) is 0. The van der Waals surface area contributed by atoms with Gasteiger partial charge in [-0.15, -0.1) is 11.8 Å². The Morgan fingerprint density at radius 2 is 1.93 bits per heavy atom. The van der Waals surface area contributed by atoms with Crippen molar-refractivity contribution in [2.75, 3.05) is 0 Å². The van der Waals surface area contributed by atoms with E-state index in [0.29, 0.717) is 22.7 Å². The third kappa shape index (κ3) is 3.94. The van der Waals surface area contributed by atoms with E-state index in [1.165, 1.54) is 5.56 Å². The molecule has 0 aliphatic carbocycles. The molecule has 0 spiro atoms. The van der Waals surface area contributed by atoms with Gasteiger partial charge in [-0.05, 0) is 24.6 Å². The van der Waals surface area contributed by atoms with Crippen LogP contribution in [-0.2, 0) is 12.3 Å². The lowest BCUT2D eigenvalue weighted by Gasteiger charge is -2.09. The van der Waals surface area contributed by atoms with Gasteiger partial charge in [0.15, 0.2) is 5.76 Å². The Morgan fingerprint density at radius 3 is 2.67 bits per heavy atom. The minimum Gasteiger partial charge on any atom is -0.359 e. The molecule has 6 heteroatoms. The highest BCUT2D eigenvalue weighted by molar-refractivity contribution is 7.98. The molecule has 4 nitrogen and oxygen atoms in total. The molecular formula is C21H17ClN2O2S. The molecule has 4 aromatic rings. The van der Waals surface area contributed by atoms with Gasteiger partial charge in [-0.1, -0.05) is 53.2 Å². The van der Waals surface area contributed by atoms with Crippen molar-refractivity contribution in [1.29, 1.82) is 0 Å². The van der Waals surface area contributed by atoms with E-state index in [9.17, 15) is 4.79 Å². The lowest BCUT2D eigenvalue weighted by Crippen LogP contribution is -2.20. The summed E-state index contributed by atoms with van der Waals surface area (Å²) in [5.41, 5.74) is 1.93. The van der Waals surface area contributed by atoms with Crippen molar-refractivity contribution in [2.45, 2.75) is 24.1 Å². The molecule has 4 rings (SSSR count). The molecular weight excluding hydrogens is 380 g/mol. The van der Waals surface area contributed by atoms with E-state index in [4.69, 9.17) is 16.1 Å². The van der Waals surface area contributed by atoms with Crippen molar-refractivity contribution in [3.63, 3.8) is 0 Å². The molecule has 136 valence electrons. The van der Waals surface area contributed by atoms with Gasteiger partial charge in [0.05, 0.1) is 17.3 Å². The molecule has 2 heterocycles. The standard InChI is InChI=1S/C21H17ClN2O2S/c1-14-9-16(26-23-14)11-24-12-20(22)18-8-7-17(10-19(18)21(24)25)27-13-15-5-3-2-4-6-15/h2-10,12H,11,13H2,1H3. The van der Waals surface area contributed by atoms with Gasteiger partial charge in [-0.3, -0.25) is 4.79 Å². The first kappa shape index (κ1) is 17.9. The second kappa shape index (κ2) is 7.62. The molecule has 0 aliphatic heterocycles. The molecule has 0 radical (unpaired) electrons. The van der Waals surface area contributed by atoms with Gasteiger partial charge in [0.25, 0.3) is 5.56 Å². The van der Waals surface area contributed by atoms with E-state index >= 15 is 0 Å². The maximum atomic E-state index is 13.0. The van der Waals surface area contributed by atoms with Crippen LogP contribution in [0.4, 0.5) is 0 Å². The van der Waals surface area contributed by atoms with Gasteiger partial charge in [0.1, 0.15) is 0 Å². The molecule has 0 fully saturated rings. The van der Waals surface area contributed by atoms with Crippen LogP contribution >= 0.6 is 23.4 Å². The Labute approximate surface area is 165 Å². The molecule has 0 atom stereocenters. The molecule has 27 heavy (non-hydrogen) atoms. The topological polar surface area (TPSA) is 48.0 Å². The smallest absolute Gasteiger partial charge is 0.258 e. The minimum absolute atomic E-state index is 0.0920. The molecule has 2 aromatic heterocycles. The van der Waals surface area contributed by atoms with Crippen molar-refractivity contribution in [3.8, 4) is 0 Å². The highest BCUT2D eigenvalue weighted by atomic mass is 35.5. The Bertz CT molecular complexity index is 1150. The van der Waals surface area contributed by atoms with Gasteiger partial charge in [0.2, 0.25) is 0 Å². The molecule has 0 aliphatic rings. The summed E-state index contributed by atoms with van der Waals surface area (Å²) in [6.07, 6.45) is 1.65. The number of hydrogen-bond acceptors (Lipinski definition) is 4. The maximum Gasteiger partial charge on any atom is 0.258 e. The van der Waals surface area contributed by atoms with Crippen LogP contribution in [0.3, 0.4) is 0 Å². The second-order valence-electron chi connectivity index (χ2n) is 6.33. The van der Waals surface area contributed by atoms with Crippen LogP contribution in [0.2, 0.25) is 5.02 Å². The Kier molecular flexibility index (Phi) is 5.05. The number of fused-ring (bicyclic) bond motifs is 1. The van der Waals surface area contributed by atoms with Crippen molar-refractivity contribution in [3.05, 3.63) is 93.2 Å². The minimum atomic E-state index is -0.0920. The van der Waals surface area contributed by atoms with Crippen LogP contribution in [0, 0.1) is 6.92 Å². The number of rotatable bonds is 5. The van der Waals surface area contributed by atoms with E-state index in [1.807, 2.05) is 49.4 Å². The summed E-state index contributed by atoms with van der Waals surface area (Å²) in [5, 5.41) is 5.78. The summed E-state index contributed by atoms with van der Waals surface area (Å²) in [7, 11) is 0. The largest absolute Gasteiger partial charge is 0.359 e. The molecule has 2 aromatic carbocycles. The zero-order chi connectivity index (χ0) is 18.8. The fourth-order valence-electron chi connectivity index (χ4n) is 2.94. The van der Waals surface area contributed by atoms with Gasteiger partial charge < -0.3 is 9.09 Å². The lowest BCUT2D eigenvalue weighted by molar-refractivity contribution is 0.372. The van der Waals surface area contributed by atoms with Crippen LogP contribution in [-0.4, -0.2) is 9.72 Å². The molecule has 0 saturated carbocycles. The monoisotopic (exact) mass is 396 g/mol. The Morgan fingerprint density at radius 1 is 1.11 bits per heavy atom.